The SMILES string of the molecule is COc1cccc(NC(=O)C(=O)Nc2nc3c(s2)CN(C)CC3)c1. The Kier molecular flexibility index (Phi) is 4.77. The number of methoxy groups -OCH3 is 1. The van der Waals surface area contributed by atoms with E-state index in [2.05, 4.69) is 20.5 Å². The molecular formula is C16H18N4O3S. The summed E-state index contributed by atoms with van der Waals surface area (Å²) in [5, 5.41) is 5.57. The number of fused-ring (bicyclic) bond motifs is 1. The van der Waals surface area contributed by atoms with Crippen LogP contribution in [0.2, 0.25) is 0 Å². The van der Waals surface area contributed by atoms with E-state index in [1.165, 1.54) is 18.4 Å². The molecule has 3 rings (SSSR count). The van der Waals surface area contributed by atoms with Gasteiger partial charge < -0.3 is 15.0 Å². The van der Waals surface area contributed by atoms with Crippen molar-refractivity contribution in [3.63, 3.8) is 0 Å². The molecule has 2 aromatic rings. The number of nitrogens with one attached hydrogen (secondary N) is 2. The Labute approximate surface area is 143 Å². The number of benzene rings is 1. The highest BCUT2D eigenvalue weighted by Crippen LogP contribution is 2.27. The van der Waals surface area contributed by atoms with Crippen molar-refractivity contribution in [1.29, 1.82) is 0 Å². The van der Waals surface area contributed by atoms with Gasteiger partial charge in [0, 0.05) is 36.1 Å². The van der Waals surface area contributed by atoms with E-state index in [0.717, 1.165) is 30.1 Å². The van der Waals surface area contributed by atoms with Crippen LogP contribution in [0.15, 0.2) is 24.3 Å². The average molecular weight is 346 g/mol. The maximum Gasteiger partial charge on any atom is 0.315 e. The van der Waals surface area contributed by atoms with Gasteiger partial charge in [-0.1, -0.05) is 6.07 Å². The van der Waals surface area contributed by atoms with Crippen LogP contribution in [0.4, 0.5) is 10.8 Å². The first kappa shape index (κ1) is 16.4. The second-order valence-corrected chi connectivity index (χ2v) is 6.60. The molecule has 1 aliphatic rings. The zero-order chi connectivity index (χ0) is 17.1. The van der Waals surface area contributed by atoms with Crippen molar-refractivity contribution in [1.82, 2.24) is 9.88 Å². The van der Waals surface area contributed by atoms with Crippen molar-refractivity contribution >= 4 is 34.0 Å². The Balaban J connectivity index is 1.63. The lowest BCUT2D eigenvalue weighted by atomic mass is 10.2. The number of rotatable bonds is 3. The van der Waals surface area contributed by atoms with Gasteiger partial charge in [-0.25, -0.2) is 4.98 Å². The number of aromatic nitrogens is 1. The lowest BCUT2D eigenvalue weighted by Crippen LogP contribution is -2.29. The van der Waals surface area contributed by atoms with E-state index < -0.39 is 11.8 Å². The molecule has 0 saturated carbocycles. The van der Waals surface area contributed by atoms with Gasteiger partial charge in [-0.3, -0.25) is 14.9 Å². The molecule has 0 spiro atoms. The van der Waals surface area contributed by atoms with Crippen LogP contribution in [0.25, 0.3) is 0 Å². The van der Waals surface area contributed by atoms with Crippen LogP contribution in [0.1, 0.15) is 10.6 Å². The second kappa shape index (κ2) is 6.98. The number of nitrogens with zero attached hydrogens (tertiary/aromatic N) is 2. The zero-order valence-electron chi connectivity index (χ0n) is 13.5. The predicted octanol–water partition coefficient (Wildman–Crippen LogP) is 1.72. The van der Waals surface area contributed by atoms with Crippen molar-refractivity contribution in [2.75, 3.05) is 31.3 Å². The molecular weight excluding hydrogens is 328 g/mol. The summed E-state index contributed by atoms with van der Waals surface area (Å²) in [5.74, 6) is -0.879. The van der Waals surface area contributed by atoms with Crippen LogP contribution in [-0.4, -0.2) is 42.4 Å². The largest absolute Gasteiger partial charge is 0.497 e. The minimum atomic E-state index is -0.742. The van der Waals surface area contributed by atoms with E-state index in [4.69, 9.17) is 4.74 Å². The molecule has 126 valence electrons. The quantitative estimate of drug-likeness (QED) is 0.827. The molecule has 1 aromatic heterocycles. The van der Waals surface area contributed by atoms with Crippen LogP contribution < -0.4 is 15.4 Å². The molecule has 0 fully saturated rings. The topological polar surface area (TPSA) is 83.6 Å². The van der Waals surface area contributed by atoms with Gasteiger partial charge in [0.05, 0.1) is 12.8 Å². The fraction of sp³-hybridized carbons (Fsp3) is 0.312. The Bertz CT molecular complexity index is 774. The Morgan fingerprint density at radius 1 is 1.29 bits per heavy atom. The van der Waals surface area contributed by atoms with E-state index in [0.29, 0.717) is 16.6 Å². The van der Waals surface area contributed by atoms with E-state index in [-0.39, 0.29) is 0 Å². The standard InChI is InChI=1S/C16H18N4O3S/c1-20-7-6-12-13(9-20)24-16(18-12)19-15(22)14(21)17-10-4-3-5-11(8-10)23-2/h3-5,8H,6-7,9H2,1-2H3,(H,17,21)(H,18,19,22). The summed E-state index contributed by atoms with van der Waals surface area (Å²) in [5.41, 5.74) is 1.50. The van der Waals surface area contributed by atoms with Gasteiger partial charge in [0.2, 0.25) is 0 Å². The van der Waals surface area contributed by atoms with Gasteiger partial charge in [0.25, 0.3) is 0 Å². The fourth-order valence-corrected chi connectivity index (χ4v) is 3.50. The summed E-state index contributed by atoms with van der Waals surface area (Å²) in [6, 6.07) is 6.82. The molecule has 2 N–H and O–H groups in total. The number of hydrogen-bond acceptors (Lipinski definition) is 6. The molecule has 7 nitrogen and oxygen atoms in total. The number of likely N-dealkylation sites (N-methyl/N-ethyl adjacent to an activating group) is 1. The third-order valence-corrected chi connectivity index (χ3v) is 4.67. The summed E-state index contributed by atoms with van der Waals surface area (Å²) in [4.78, 5) is 31.8. The minimum absolute atomic E-state index is 0.459. The van der Waals surface area contributed by atoms with Crippen LogP contribution >= 0.6 is 11.3 Å². The van der Waals surface area contributed by atoms with Gasteiger partial charge in [-0.2, -0.15) is 0 Å². The van der Waals surface area contributed by atoms with Crippen molar-refractivity contribution in [2.45, 2.75) is 13.0 Å². The molecule has 2 amide bonds. The van der Waals surface area contributed by atoms with E-state index in [1.807, 2.05) is 7.05 Å². The number of ether oxygens (including phenoxy) is 1. The van der Waals surface area contributed by atoms with E-state index >= 15 is 0 Å². The number of carbonyl (C=O) groups excluding carboxylic acids is 2. The molecule has 0 bridgehead atoms. The smallest absolute Gasteiger partial charge is 0.315 e. The molecule has 8 heteroatoms. The van der Waals surface area contributed by atoms with Crippen LogP contribution in [0.5, 0.6) is 5.75 Å². The third-order valence-electron chi connectivity index (χ3n) is 3.68. The van der Waals surface area contributed by atoms with Crippen LogP contribution in [0, 0.1) is 0 Å². The Morgan fingerprint density at radius 3 is 2.88 bits per heavy atom. The Hall–Kier alpha value is -2.45. The van der Waals surface area contributed by atoms with Crippen LogP contribution in [-0.2, 0) is 22.6 Å². The molecule has 0 atom stereocenters. The number of hydrogen-bond donors (Lipinski definition) is 2. The molecule has 1 aromatic carbocycles. The molecule has 0 unspecified atom stereocenters. The second-order valence-electron chi connectivity index (χ2n) is 5.52. The predicted molar refractivity (Wildman–Crippen MR) is 92.4 cm³/mol. The average Bonchev–Trinajstić information content (AvgIpc) is 2.96. The number of anilines is 2. The molecule has 0 aliphatic carbocycles. The summed E-state index contributed by atoms with van der Waals surface area (Å²) in [6.07, 6.45) is 0.855. The highest BCUT2D eigenvalue weighted by atomic mass is 32.1. The normalized spacial score (nSPS) is 13.9. The van der Waals surface area contributed by atoms with Gasteiger partial charge >= 0.3 is 11.8 Å². The molecule has 1 aliphatic heterocycles. The van der Waals surface area contributed by atoms with Crippen molar-refractivity contribution in [2.24, 2.45) is 0 Å². The van der Waals surface area contributed by atoms with Gasteiger partial charge in [0.15, 0.2) is 5.13 Å². The number of thiazole rings is 1. The molecule has 2 heterocycles. The lowest BCUT2D eigenvalue weighted by Gasteiger charge is -2.20. The summed E-state index contributed by atoms with van der Waals surface area (Å²) in [6.45, 7) is 1.76. The lowest BCUT2D eigenvalue weighted by molar-refractivity contribution is -0.133. The first-order valence-electron chi connectivity index (χ1n) is 7.48. The van der Waals surface area contributed by atoms with Gasteiger partial charge in [0.1, 0.15) is 5.75 Å². The van der Waals surface area contributed by atoms with E-state index in [1.54, 1.807) is 24.3 Å². The summed E-state index contributed by atoms with van der Waals surface area (Å²) in [7, 11) is 3.58. The van der Waals surface area contributed by atoms with Gasteiger partial charge in [-0.05, 0) is 19.2 Å². The highest BCUT2D eigenvalue weighted by molar-refractivity contribution is 7.16. The van der Waals surface area contributed by atoms with Crippen molar-refractivity contribution < 1.29 is 14.3 Å². The monoisotopic (exact) mass is 346 g/mol. The highest BCUT2D eigenvalue weighted by Gasteiger charge is 2.21. The van der Waals surface area contributed by atoms with Crippen LogP contribution in [0.3, 0.4) is 0 Å². The number of carbonyl (C=O) groups is 2. The van der Waals surface area contributed by atoms with Crippen molar-refractivity contribution in [3.05, 3.63) is 34.8 Å². The van der Waals surface area contributed by atoms with Gasteiger partial charge in [-0.15, -0.1) is 11.3 Å². The maximum atomic E-state index is 12.1. The maximum absolute atomic E-state index is 12.1. The first-order chi connectivity index (χ1) is 11.5. The summed E-state index contributed by atoms with van der Waals surface area (Å²) < 4.78 is 5.08. The number of amides is 2. The zero-order valence-corrected chi connectivity index (χ0v) is 14.3. The fourth-order valence-electron chi connectivity index (χ4n) is 2.42. The third kappa shape index (κ3) is 3.72. The summed E-state index contributed by atoms with van der Waals surface area (Å²) >= 11 is 1.41. The van der Waals surface area contributed by atoms with E-state index in [9.17, 15) is 9.59 Å². The molecule has 24 heavy (non-hydrogen) atoms. The molecule has 0 radical (unpaired) electrons. The minimum Gasteiger partial charge on any atom is -0.497 e. The Morgan fingerprint density at radius 2 is 2.08 bits per heavy atom. The first-order valence-corrected chi connectivity index (χ1v) is 8.30. The molecule has 0 saturated heterocycles. The van der Waals surface area contributed by atoms with Crippen molar-refractivity contribution in [3.8, 4) is 5.75 Å².